The molecule has 4 nitrogen and oxygen atoms in total. The molecule has 0 saturated heterocycles. The normalized spacial score (nSPS) is 14.8. The highest BCUT2D eigenvalue weighted by Gasteiger charge is 2.19. The summed E-state index contributed by atoms with van der Waals surface area (Å²) in [6.07, 6.45) is 3.21. The molecule has 0 bridgehead atoms. The van der Waals surface area contributed by atoms with Gasteiger partial charge in [-0.3, -0.25) is 0 Å². The lowest BCUT2D eigenvalue weighted by Crippen LogP contribution is -2.12. The Hall–Kier alpha value is -2.18. The van der Waals surface area contributed by atoms with E-state index in [2.05, 4.69) is 5.32 Å². The van der Waals surface area contributed by atoms with Crippen molar-refractivity contribution in [1.29, 1.82) is 0 Å². The Balaban J connectivity index is 1.81. The molecule has 2 aromatic rings. The summed E-state index contributed by atoms with van der Waals surface area (Å²) in [5, 5.41) is 15.4. The van der Waals surface area contributed by atoms with E-state index < -0.39 is 5.97 Å². The van der Waals surface area contributed by atoms with Crippen molar-refractivity contribution < 1.29 is 9.90 Å². The van der Waals surface area contributed by atoms with E-state index in [1.807, 2.05) is 58.9 Å². The Labute approximate surface area is 136 Å². The van der Waals surface area contributed by atoms with Crippen LogP contribution in [0.2, 0.25) is 0 Å². The van der Waals surface area contributed by atoms with Gasteiger partial charge in [-0.05, 0) is 23.6 Å². The molecule has 1 aliphatic heterocycles. The zero-order valence-corrected chi connectivity index (χ0v) is 13.2. The molecule has 0 spiro atoms. The van der Waals surface area contributed by atoms with Crippen molar-refractivity contribution in [2.24, 2.45) is 0 Å². The highest BCUT2D eigenvalue weighted by molar-refractivity contribution is 8.03. The molecule has 0 radical (unpaired) electrons. The molecule has 0 unspecified atom stereocenters. The van der Waals surface area contributed by atoms with Crippen molar-refractivity contribution >= 4 is 40.5 Å². The third-order valence-electron chi connectivity index (χ3n) is 3.02. The van der Waals surface area contributed by atoms with E-state index in [1.54, 1.807) is 11.8 Å². The Bertz CT molecular complexity index is 709. The molecular formula is C16H14N2O2S2. The van der Waals surface area contributed by atoms with E-state index >= 15 is 0 Å². The summed E-state index contributed by atoms with van der Waals surface area (Å²) in [5.74, 6) is -0.252. The Morgan fingerprint density at radius 3 is 2.73 bits per heavy atom. The number of nitrogens with one attached hydrogen (secondary N) is 1. The van der Waals surface area contributed by atoms with Crippen LogP contribution in [0.4, 0.5) is 5.69 Å². The summed E-state index contributed by atoms with van der Waals surface area (Å²) in [4.78, 5) is 14.0. The van der Waals surface area contributed by atoms with Gasteiger partial charge in [0.15, 0.2) is 0 Å². The fraction of sp³-hybridized carbons (Fsp3) is 0.0625. The van der Waals surface area contributed by atoms with Crippen molar-refractivity contribution in [3.63, 3.8) is 0 Å². The Morgan fingerprint density at radius 1 is 1.23 bits per heavy atom. The van der Waals surface area contributed by atoms with Crippen LogP contribution in [0.25, 0.3) is 5.70 Å². The molecule has 0 fully saturated rings. The van der Waals surface area contributed by atoms with E-state index in [9.17, 15) is 4.79 Å². The maximum absolute atomic E-state index is 11.1. The number of para-hydroxylation sites is 1. The molecule has 22 heavy (non-hydrogen) atoms. The lowest BCUT2D eigenvalue weighted by molar-refractivity contribution is -0.131. The van der Waals surface area contributed by atoms with Crippen LogP contribution in [0.1, 0.15) is 4.88 Å². The summed E-state index contributed by atoms with van der Waals surface area (Å²) in [6, 6.07) is 13.8. The van der Waals surface area contributed by atoms with E-state index in [-0.39, 0.29) is 0 Å². The number of hydrogen-bond donors (Lipinski definition) is 2. The smallest absolute Gasteiger partial charge is 0.330 e. The third kappa shape index (κ3) is 3.52. The average molecular weight is 330 g/mol. The maximum atomic E-state index is 11.1. The second-order valence-electron chi connectivity index (χ2n) is 4.57. The third-order valence-corrected chi connectivity index (χ3v) is 4.83. The van der Waals surface area contributed by atoms with Crippen molar-refractivity contribution in [2.45, 2.75) is 0 Å². The molecule has 2 N–H and O–H groups in total. The van der Waals surface area contributed by atoms with Gasteiger partial charge in [0.1, 0.15) is 0 Å². The van der Waals surface area contributed by atoms with Gasteiger partial charge < -0.3 is 15.3 Å². The van der Waals surface area contributed by atoms with Gasteiger partial charge in [-0.1, -0.05) is 36.0 Å². The number of nitrogens with zero attached hydrogens (tertiary/aromatic N) is 1. The second kappa shape index (κ2) is 6.72. The predicted molar refractivity (Wildman–Crippen MR) is 92.4 cm³/mol. The number of aliphatic carboxylic acids is 1. The summed E-state index contributed by atoms with van der Waals surface area (Å²) >= 11 is 3.18. The minimum absolute atomic E-state index is 0.687. The van der Waals surface area contributed by atoms with Gasteiger partial charge in [0, 0.05) is 18.0 Å². The molecule has 6 heteroatoms. The number of carboxylic acids is 1. The highest BCUT2D eigenvalue weighted by atomic mass is 32.2. The quantitative estimate of drug-likeness (QED) is 0.809. The molecule has 1 aliphatic rings. The first kappa shape index (κ1) is 14.7. The molecule has 3 rings (SSSR count). The van der Waals surface area contributed by atoms with Gasteiger partial charge in [0.25, 0.3) is 0 Å². The molecular weight excluding hydrogens is 316 g/mol. The largest absolute Gasteiger partial charge is 0.478 e. The van der Waals surface area contributed by atoms with Crippen LogP contribution in [0.3, 0.4) is 0 Å². The van der Waals surface area contributed by atoms with Gasteiger partial charge >= 0.3 is 5.97 Å². The van der Waals surface area contributed by atoms with Gasteiger partial charge in [0.05, 0.1) is 21.5 Å². The number of anilines is 1. The van der Waals surface area contributed by atoms with Crippen LogP contribution in [-0.2, 0) is 4.79 Å². The number of thioether (sulfide) groups is 1. The van der Waals surface area contributed by atoms with E-state index in [0.29, 0.717) is 11.6 Å². The maximum Gasteiger partial charge on any atom is 0.330 e. The first-order valence-corrected chi connectivity index (χ1v) is 8.51. The zero-order chi connectivity index (χ0) is 15.4. The first-order valence-electron chi connectivity index (χ1n) is 6.64. The molecule has 1 aromatic carbocycles. The predicted octanol–water partition coefficient (Wildman–Crippen LogP) is 4.09. The molecule has 112 valence electrons. The van der Waals surface area contributed by atoms with Gasteiger partial charge in [0.2, 0.25) is 0 Å². The minimum atomic E-state index is -0.939. The van der Waals surface area contributed by atoms with Crippen LogP contribution < -0.4 is 5.32 Å². The topological polar surface area (TPSA) is 52.6 Å². The number of benzene rings is 1. The lowest BCUT2D eigenvalue weighted by atomic mass is 10.3. The van der Waals surface area contributed by atoms with Gasteiger partial charge in [-0.2, -0.15) is 0 Å². The van der Waals surface area contributed by atoms with E-state index in [4.69, 9.17) is 5.11 Å². The molecule has 0 atom stereocenters. The number of carbonyl (C=O) groups is 1. The summed E-state index contributed by atoms with van der Waals surface area (Å²) in [5.41, 5.74) is 1.72. The van der Waals surface area contributed by atoms with Crippen molar-refractivity contribution in [3.8, 4) is 0 Å². The fourth-order valence-corrected chi connectivity index (χ4v) is 3.70. The van der Waals surface area contributed by atoms with Gasteiger partial charge in [-0.15, -0.1) is 11.3 Å². The zero-order valence-electron chi connectivity index (χ0n) is 11.6. The van der Waals surface area contributed by atoms with E-state index in [1.165, 1.54) is 17.4 Å². The summed E-state index contributed by atoms with van der Waals surface area (Å²) in [7, 11) is 0. The van der Waals surface area contributed by atoms with Crippen LogP contribution in [0.15, 0.2) is 65.1 Å². The van der Waals surface area contributed by atoms with Crippen molar-refractivity contribution in [2.75, 3.05) is 11.2 Å². The number of rotatable bonds is 5. The highest BCUT2D eigenvalue weighted by Crippen LogP contribution is 2.34. The molecule has 1 aromatic heterocycles. The fourth-order valence-electron chi connectivity index (χ4n) is 2.06. The monoisotopic (exact) mass is 330 g/mol. The second-order valence-corrected chi connectivity index (χ2v) is 6.51. The number of carboxylic acid groups (broad SMARTS) is 1. The van der Waals surface area contributed by atoms with Gasteiger partial charge in [-0.25, -0.2) is 4.79 Å². The Morgan fingerprint density at radius 2 is 2.05 bits per heavy atom. The van der Waals surface area contributed by atoms with Crippen molar-refractivity contribution in [1.82, 2.24) is 4.90 Å². The molecule has 2 heterocycles. The lowest BCUT2D eigenvalue weighted by Gasteiger charge is -2.16. The standard InChI is InChI=1S/C16H14N2O2S2/c19-16(20)9-13(14-7-4-8-21-14)18-10-15(22-11-18)17-12-5-2-1-3-6-12/h1-10,17H,11H2,(H,19,20). The number of thiophene rings is 1. The average Bonchev–Trinajstić information content (AvgIpc) is 3.17. The first-order chi connectivity index (χ1) is 10.7. The SMILES string of the molecule is O=C(O)C=C(c1cccs1)N1C=C(Nc2ccccc2)SC1. The molecule has 0 saturated carbocycles. The minimum Gasteiger partial charge on any atom is -0.478 e. The van der Waals surface area contributed by atoms with Crippen LogP contribution in [0, 0.1) is 0 Å². The van der Waals surface area contributed by atoms with Crippen molar-refractivity contribution in [3.05, 3.63) is 70.0 Å². The Kier molecular flexibility index (Phi) is 4.50. The summed E-state index contributed by atoms with van der Waals surface area (Å²) in [6.45, 7) is 0. The summed E-state index contributed by atoms with van der Waals surface area (Å²) < 4.78 is 0. The van der Waals surface area contributed by atoms with E-state index in [0.717, 1.165) is 15.6 Å². The van der Waals surface area contributed by atoms with Crippen LogP contribution in [0.5, 0.6) is 0 Å². The van der Waals surface area contributed by atoms with Crippen LogP contribution in [-0.4, -0.2) is 21.9 Å². The molecule has 0 aliphatic carbocycles. The molecule has 0 amide bonds. The van der Waals surface area contributed by atoms with Crippen LogP contribution >= 0.6 is 23.1 Å². The number of hydrogen-bond acceptors (Lipinski definition) is 5.